The van der Waals surface area contributed by atoms with E-state index in [1.807, 2.05) is 49.4 Å². The number of allylic oxidation sites excluding steroid dienone is 2. The Hall–Kier alpha value is -3.18. The van der Waals surface area contributed by atoms with E-state index in [2.05, 4.69) is 27.9 Å². The molecule has 0 unspecified atom stereocenters. The molecule has 1 saturated heterocycles. The van der Waals surface area contributed by atoms with Gasteiger partial charge in [-0.25, -0.2) is 0 Å². The summed E-state index contributed by atoms with van der Waals surface area (Å²) in [6.45, 7) is 2.66. The van der Waals surface area contributed by atoms with Crippen LogP contribution in [0.4, 0.5) is 0 Å². The number of para-hydroxylation sites is 1. The van der Waals surface area contributed by atoms with Gasteiger partial charge in [0.25, 0.3) is 11.8 Å². The molecule has 1 saturated carbocycles. The fourth-order valence-corrected chi connectivity index (χ4v) is 5.93. The summed E-state index contributed by atoms with van der Waals surface area (Å²) in [5.41, 5.74) is 4.01. The maximum atomic E-state index is 13.0. The zero-order chi connectivity index (χ0) is 22.0. The highest BCUT2D eigenvalue weighted by Gasteiger charge is 2.59. The van der Waals surface area contributed by atoms with Crippen LogP contribution in [0.25, 0.3) is 10.9 Å². The van der Waals surface area contributed by atoms with Crippen molar-refractivity contribution in [1.82, 2.24) is 9.58 Å². The SMILES string of the molecule is Cc1c(/C=N\N2C(=O)[C@H]3[C@H](C2=O)[C@H]2C=C[C@H]3C2)c2ccccc2n1Cc1ccccc1Cl. The van der Waals surface area contributed by atoms with Gasteiger partial charge in [-0.05, 0) is 42.9 Å². The summed E-state index contributed by atoms with van der Waals surface area (Å²) in [6, 6.07) is 15.9. The number of halogens is 1. The third kappa shape index (κ3) is 2.74. The second kappa shape index (κ2) is 7.17. The minimum absolute atomic E-state index is 0.162. The first-order valence-corrected chi connectivity index (χ1v) is 11.3. The van der Waals surface area contributed by atoms with Crippen LogP contribution < -0.4 is 0 Å². The Morgan fingerprint density at radius 1 is 1.00 bits per heavy atom. The highest BCUT2D eigenvalue weighted by molar-refractivity contribution is 6.31. The van der Waals surface area contributed by atoms with Crippen molar-refractivity contribution < 1.29 is 9.59 Å². The topological polar surface area (TPSA) is 54.7 Å². The van der Waals surface area contributed by atoms with E-state index < -0.39 is 0 Å². The van der Waals surface area contributed by atoms with Gasteiger partial charge in [-0.1, -0.05) is 60.2 Å². The van der Waals surface area contributed by atoms with Crippen LogP contribution >= 0.6 is 11.6 Å². The first-order chi connectivity index (χ1) is 15.5. The predicted molar refractivity (Wildman–Crippen MR) is 124 cm³/mol. The van der Waals surface area contributed by atoms with Crippen molar-refractivity contribution >= 4 is 40.5 Å². The molecule has 0 N–H and O–H groups in total. The molecule has 160 valence electrons. The van der Waals surface area contributed by atoms with Gasteiger partial charge >= 0.3 is 0 Å². The number of fused-ring (bicyclic) bond motifs is 6. The Morgan fingerprint density at radius 3 is 2.38 bits per heavy atom. The molecule has 2 aliphatic carbocycles. The van der Waals surface area contributed by atoms with Crippen molar-refractivity contribution in [2.75, 3.05) is 0 Å². The molecule has 1 aliphatic heterocycles. The van der Waals surface area contributed by atoms with Crippen LogP contribution in [-0.2, 0) is 16.1 Å². The molecule has 0 spiro atoms. The maximum Gasteiger partial charge on any atom is 0.254 e. The van der Waals surface area contributed by atoms with Crippen LogP contribution in [0.3, 0.4) is 0 Å². The van der Waals surface area contributed by atoms with Crippen molar-refractivity contribution in [1.29, 1.82) is 0 Å². The van der Waals surface area contributed by atoms with Crippen LogP contribution in [0, 0.1) is 30.6 Å². The summed E-state index contributed by atoms with van der Waals surface area (Å²) < 4.78 is 2.20. The monoisotopic (exact) mass is 443 g/mol. The Bertz CT molecular complexity index is 1310. The summed E-state index contributed by atoms with van der Waals surface area (Å²) in [5, 5.41) is 7.29. The zero-order valence-electron chi connectivity index (χ0n) is 17.6. The smallest absolute Gasteiger partial charge is 0.254 e. The molecule has 3 aromatic rings. The molecule has 32 heavy (non-hydrogen) atoms. The molecule has 1 aromatic heterocycles. The highest BCUT2D eigenvalue weighted by Crippen LogP contribution is 2.52. The minimum Gasteiger partial charge on any atom is -0.340 e. The molecular weight excluding hydrogens is 422 g/mol. The third-order valence-electron chi connectivity index (χ3n) is 7.32. The number of imide groups is 1. The molecule has 4 atom stereocenters. The molecule has 2 heterocycles. The lowest BCUT2D eigenvalue weighted by molar-refractivity contribution is -0.140. The van der Waals surface area contributed by atoms with E-state index in [0.29, 0.717) is 6.54 Å². The van der Waals surface area contributed by atoms with Crippen molar-refractivity contribution in [3.63, 3.8) is 0 Å². The minimum atomic E-state index is -0.239. The van der Waals surface area contributed by atoms with Gasteiger partial charge in [-0.15, -0.1) is 0 Å². The van der Waals surface area contributed by atoms with Crippen LogP contribution in [0.1, 0.15) is 23.2 Å². The van der Waals surface area contributed by atoms with Gasteiger partial charge in [0, 0.05) is 33.7 Å². The molecule has 3 aliphatic rings. The van der Waals surface area contributed by atoms with Crippen LogP contribution in [0.5, 0.6) is 0 Å². The lowest BCUT2D eigenvalue weighted by atomic mass is 9.85. The fraction of sp³-hybridized carbons (Fsp3) is 0.269. The van der Waals surface area contributed by atoms with E-state index in [1.54, 1.807) is 6.21 Å². The van der Waals surface area contributed by atoms with Gasteiger partial charge < -0.3 is 4.57 Å². The second-order valence-corrected chi connectivity index (χ2v) is 9.33. The second-order valence-electron chi connectivity index (χ2n) is 8.93. The summed E-state index contributed by atoms with van der Waals surface area (Å²) in [6.07, 6.45) is 6.78. The molecule has 2 fully saturated rings. The van der Waals surface area contributed by atoms with Crippen molar-refractivity contribution in [2.45, 2.75) is 19.9 Å². The van der Waals surface area contributed by atoms with E-state index in [1.165, 1.54) is 0 Å². The quantitative estimate of drug-likeness (QED) is 0.330. The number of hydrazone groups is 1. The van der Waals surface area contributed by atoms with Crippen LogP contribution in [0.15, 0.2) is 65.8 Å². The van der Waals surface area contributed by atoms with Gasteiger partial charge in [-0.2, -0.15) is 10.1 Å². The molecular formula is C26H22ClN3O2. The average molecular weight is 444 g/mol. The average Bonchev–Trinajstić information content (AvgIpc) is 3.53. The number of aromatic nitrogens is 1. The van der Waals surface area contributed by atoms with E-state index >= 15 is 0 Å². The van der Waals surface area contributed by atoms with Gasteiger partial charge in [0.05, 0.1) is 18.1 Å². The lowest BCUT2D eigenvalue weighted by Crippen LogP contribution is -2.28. The van der Waals surface area contributed by atoms with Gasteiger partial charge in [0.15, 0.2) is 0 Å². The molecule has 6 rings (SSSR count). The number of hydrogen-bond acceptors (Lipinski definition) is 3. The number of carbonyl (C=O) groups is 2. The number of hydrogen-bond donors (Lipinski definition) is 0. The molecule has 0 radical (unpaired) electrons. The molecule has 2 bridgehead atoms. The summed E-state index contributed by atoms with van der Waals surface area (Å²) in [4.78, 5) is 26.0. The summed E-state index contributed by atoms with van der Waals surface area (Å²) in [7, 11) is 0. The first kappa shape index (κ1) is 19.5. The molecule has 5 nitrogen and oxygen atoms in total. The molecule has 2 aromatic carbocycles. The van der Waals surface area contributed by atoms with E-state index in [-0.39, 0.29) is 35.5 Å². The normalized spacial score (nSPS) is 26.2. The Labute approximate surface area is 191 Å². The molecule has 2 amide bonds. The summed E-state index contributed by atoms with van der Waals surface area (Å²) in [5.74, 6) is -0.437. The number of rotatable bonds is 4. The van der Waals surface area contributed by atoms with E-state index in [9.17, 15) is 9.59 Å². The Balaban J connectivity index is 1.37. The third-order valence-corrected chi connectivity index (χ3v) is 7.68. The van der Waals surface area contributed by atoms with Crippen molar-refractivity contribution in [3.8, 4) is 0 Å². The van der Waals surface area contributed by atoms with Gasteiger partial charge in [0.2, 0.25) is 0 Å². The summed E-state index contributed by atoms with van der Waals surface area (Å²) >= 11 is 6.41. The standard InChI is InChI=1S/C26H22ClN3O2/c1-15-20(13-28-30-25(31)23-16-10-11-17(12-16)24(23)26(30)32)19-7-3-5-9-22(19)29(15)14-18-6-2-4-8-21(18)27/h2-11,13,16-17,23-24H,12,14H2,1H3/b28-13-/t16-,17-,23+,24+/m0/s1. The maximum absolute atomic E-state index is 13.0. The van der Waals surface area contributed by atoms with Gasteiger partial charge in [0.1, 0.15) is 0 Å². The van der Waals surface area contributed by atoms with Crippen molar-refractivity contribution in [3.05, 3.63) is 82.5 Å². The van der Waals surface area contributed by atoms with Gasteiger partial charge in [-0.3, -0.25) is 9.59 Å². The van der Waals surface area contributed by atoms with Crippen LogP contribution in [0.2, 0.25) is 5.02 Å². The lowest BCUT2D eigenvalue weighted by Gasteiger charge is -2.13. The number of carbonyl (C=O) groups excluding carboxylic acids is 2. The van der Waals surface area contributed by atoms with Crippen molar-refractivity contribution in [2.24, 2.45) is 28.8 Å². The fourth-order valence-electron chi connectivity index (χ4n) is 5.74. The first-order valence-electron chi connectivity index (χ1n) is 11.0. The predicted octanol–water partition coefficient (Wildman–Crippen LogP) is 4.79. The number of amides is 2. The Morgan fingerprint density at radius 2 is 1.66 bits per heavy atom. The van der Waals surface area contributed by atoms with Crippen LogP contribution in [-0.4, -0.2) is 27.6 Å². The molecule has 6 heteroatoms. The number of nitrogens with zero attached hydrogens (tertiary/aromatic N) is 3. The Kier molecular flexibility index (Phi) is 4.37. The number of benzene rings is 2. The van der Waals surface area contributed by atoms with E-state index in [0.717, 1.165) is 44.2 Å². The van der Waals surface area contributed by atoms with E-state index in [4.69, 9.17) is 11.6 Å². The highest BCUT2D eigenvalue weighted by atomic mass is 35.5. The largest absolute Gasteiger partial charge is 0.340 e. The zero-order valence-corrected chi connectivity index (χ0v) is 18.4.